The van der Waals surface area contributed by atoms with Gasteiger partial charge in [-0.3, -0.25) is 9.78 Å². The molecule has 2 rings (SSSR count). The summed E-state index contributed by atoms with van der Waals surface area (Å²) in [5.74, 6) is -0.173. The second kappa shape index (κ2) is 7.22. The zero-order valence-electron chi connectivity index (χ0n) is 12.1. The number of benzene rings is 1. The van der Waals surface area contributed by atoms with Crippen LogP contribution in [0.25, 0.3) is 0 Å². The number of aromatic nitrogens is 1. The highest BCUT2D eigenvalue weighted by Crippen LogP contribution is 2.25. The van der Waals surface area contributed by atoms with Gasteiger partial charge in [-0.15, -0.1) is 0 Å². The monoisotopic (exact) mass is 347 g/mol. The summed E-state index contributed by atoms with van der Waals surface area (Å²) < 4.78 is 0.855. The van der Waals surface area contributed by atoms with Crippen LogP contribution in [-0.2, 0) is 0 Å². The van der Waals surface area contributed by atoms with Crippen LogP contribution in [0.4, 0.5) is 11.4 Å². The lowest BCUT2D eigenvalue weighted by Gasteiger charge is -2.12. The Hall–Kier alpha value is -1.88. The van der Waals surface area contributed by atoms with Gasteiger partial charge < -0.3 is 10.6 Å². The summed E-state index contributed by atoms with van der Waals surface area (Å²) in [6.07, 6.45) is 4.25. The minimum absolute atomic E-state index is 0.173. The van der Waals surface area contributed by atoms with Crippen molar-refractivity contribution < 1.29 is 4.79 Å². The van der Waals surface area contributed by atoms with E-state index in [4.69, 9.17) is 0 Å². The molecular weight excluding hydrogens is 330 g/mol. The van der Waals surface area contributed by atoms with Crippen molar-refractivity contribution >= 4 is 33.2 Å². The number of pyridine rings is 1. The molecule has 0 saturated carbocycles. The molecule has 0 radical (unpaired) electrons. The number of nitrogens with one attached hydrogen (secondary N) is 2. The molecule has 1 aromatic heterocycles. The van der Waals surface area contributed by atoms with Crippen LogP contribution in [-0.4, -0.2) is 17.4 Å². The van der Waals surface area contributed by atoms with Gasteiger partial charge in [-0.2, -0.15) is 0 Å². The van der Waals surface area contributed by atoms with Crippen molar-refractivity contribution in [1.29, 1.82) is 0 Å². The van der Waals surface area contributed by atoms with E-state index >= 15 is 0 Å². The zero-order chi connectivity index (χ0) is 15.2. The summed E-state index contributed by atoms with van der Waals surface area (Å²) in [5, 5.41) is 6.16. The van der Waals surface area contributed by atoms with E-state index in [9.17, 15) is 4.79 Å². The van der Waals surface area contributed by atoms with Crippen molar-refractivity contribution in [2.75, 3.05) is 17.2 Å². The minimum Gasteiger partial charge on any atom is -0.384 e. The number of hydrogen-bond donors (Lipinski definition) is 2. The van der Waals surface area contributed by atoms with Gasteiger partial charge in [-0.1, -0.05) is 13.0 Å². The first-order chi connectivity index (χ1) is 10.1. The average Bonchev–Trinajstić information content (AvgIpc) is 2.49. The van der Waals surface area contributed by atoms with Gasteiger partial charge in [0.15, 0.2) is 0 Å². The first-order valence-corrected chi connectivity index (χ1v) is 7.66. The van der Waals surface area contributed by atoms with Crippen molar-refractivity contribution in [2.24, 2.45) is 0 Å². The molecule has 0 aliphatic heterocycles. The number of carbonyl (C=O) groups excluding carboxylic acids is 1. The first kappa shape index (κ1) is 15.5. The highest BCUT2D eigenvalue weighted by atomic mass is 79.9. The Bertz CT molecular complexity index is 643. The van der Waals surface area contributed by atoms with E-state index in [1.165, 1.54) is 0 Å². The van der Waals surface area contributed by atoms with Crippen LogP contribution in [0.3, 0.4) is 0 Å². The van der Waals surface area contributed by atoms with E-state index in [1.54, 1.807) is 12.4 Å². The fraction of sp³-hybridized carbons (Fsp3) is 0.250. The van der Waals surface area contributed by atoms with Crippen LogP contribution in [0, 0.1) is 6.92 Å². The van der Waals surface area contributed by atoms with Gasteiger partial charge in [0.1, 0.15) is 0 Å². The minimum atomic E-state index is -0.173. The molecule has 0 bridgehead atoms. The third kappa shape index (κ3) is 4.04. The molecule has 0 saturated heterocycles. The molecule has 0 atom stereocenters. The molecule has 4 nitrogen and oxygen atoms in total. The van der Waals surface area contributed by atoms with Gasteiger partial charge in [0.05, 0.1) is 16.9 Å². The number of carbonyl (C=O) groups is 1. The van der Waals surface area contributed by atoms with Crippen molar-refractivity contribution in [3.05, 3.63) is 52.3 Å². The van der Waals surface area contributed by atoms with Gasteiger partial charge in [0.2, 0.25) is 0 Å². The highest BCUT2D eigenvalue weighted by molar-refractivity contribution is 9.10. The van der Waals surface area contributed by atoms with Gasteiger partial charge in [0.25, 0.3) is 5.91 Å². The molecule has 0 spiro atoms. The largest absolute Gasteiger partial charge is 0.384 e. The summed E-state index contributed by atoms with van der Waals surface area (Å²) in [5.41, 5.74) is 3.18. The molecular formula is C16H18BrN3O. The van der Waals surface area contributed by atoms with Gasteiger partial charge in [0, 0.05) is 23.4 Å². The van der Waals surface area contributed by atoms with E-state index in [0.717, 1.165) is 34.4 Å². The average molecular weight is 348 g/mol. The summed E-state index contributed by atoms with van der Waals surface area (Å²) in [6.45, 7) is 4.89. The Morgan fingerprint density at radius 2 is 2.10 bits per heavy atom. The van der Waals surface area contributed by atoms with E-state index in [-0.39, 0.29) is 5.91 Å². The lowest BCUT2D eigenvalue weighted by Crippen LogP contribution is -2.16. The Labute approximate surface area is 133 Å². The smallest absolute Gasteiger partial charge is 0.259 e. The number of halogens is 1. The number of aryl methyl sites for hydroxylation is 1. The highest BCUT2D eigenvalue weighted by Gasteiger charge is 2.13. The standard InChI is InChI=1S/C16H18BrN3O/c1-3-7-19-14-6-8-18-10-12(14)16(21)20-15-9-11(2)4-5-13(15)17/h4-6,8-10H,3,7H2,1-2H3,(H,18,19)(H,20,21). The Morgan fingerprint density at radius 3 is 2.86 bits per heavy atom. The number of rotatable bonds is 5. The van der Waals surface area contributed by atoms with Crippen molar-refractivity contribution in [2.45, 2.75) is 20.3 Å². The quantitative estimate of drug-likeness (QED) is 0.850. The SMILES string of the molecule is CCCNc1ccncc1C(=O)Nc1cc(C)ccc1Br. The number of hydrogen-bond acceptors (Lipinski definition) is 3. The normalized spacial score (nSPS) is 10.2. The van der Waals surface area contributed by atoms with Gasteiger partial charge >= 0.3 is 0 Å². The molecule has 110 valence electrons. The fourth-order valence-electron chi connectivity index (χ4n) is 1.91. The molecule has 0 fully saturated rings. The first-order valence-electron chi connectivity index (χ1n) is 6.87. The Balaban J connectivity index is 2.22. The van der Waals surface area contributed by atoms with Crippen LogP contribution in [0.2, 0.25) is 0 Å². The predicted octanol–water partition coefficient (Wildman–Crippen LogP) is 4.23. The van der Waals surface area contributed by atoms with Gasteiger partial charge in [-0.25, -0.2) is 0 Å². The molecule has 5 heteroatoms. The Kier molecular flexibility index (Phi) is 5.33. The maximum atomic E-state index is 12.4. The van der Waals surface area contributed by atoms with E-state index in [0.29, 0.717) is 5.56 Å². The molecule has 0 aliphatic rings. The molecule has 2 aromatic rings. The molecule has 21 heavy (non-hydrogen) atoms. The molecule has 2 N–H and O–H groups in total. The Morgan fingerprint density at radius 1 is 1.29 bits per heavy atom. The van der Waals surface area contributed by atoms with Crippen LogP contribution in [0.15, 0.2) is 41.1 Å². The van der Waals surface area contributed by atoms with Crippen molar-refractivity contribution in [3.63, 3.8) is 0 Å². The zero-order valence-corrected chi connectivity index (χ0v) is 13.7. The number of amides is 1. The molecule has 0 aliphatic carbocycles. The second-order valence-electron chi connectivity index (χ2n) is 4.79. The van der Waals surface area contributed by atoms with E-state index in [2.05, 4.69) is 38.5 Å². The molecule has 1 amide bonds. The van der Waals surface area contributed by atoms with Crippen LogP contribution in [0.1, 0.15) is 29.3 Å². The van der Waals surface area contributed by atoms with Crippen molar-refractivity contribution in [1.82, 2.24) is 4.98 Å². The predicted molar refractivity (Wildman–Crippen MR) is 89.8 cm³/mol. The molecule has 0 unspecified atom stereocenters. The van der Waals surface area contributed by atoms with Crippen molar-refractivity contribution in [3.8, 4) is 0 Å². The molecule has 1 aromatic carbocycles. The maximum absolute atomic E-state index is 12.4. The van der Waals surface area contributed by atoms with Crippen LogP contribution >= 0.6 is 15.9 Å². The lowest BCUT2D eigenvalue weighted by atomic mass is 10.2. The fourth-order valence-corrected chi connectivity index (χ4v) is 2.26. The summed E-state index contributed by atoms with van der Waals surface area (Å²) >= 11 is 3.45. The van der Waals surface area contributed by atoms with Crippen LogP contribution < -0.4 is 10.6 Å². The van der Waals surface area contributed by atoms with E-state index < -0.39 is 0 Å². The summed E-state index contributed by atoms with van der Waals surface area (Å²) in [6, 6.07) is 7.65. The van der Waals surface area contributed by atoms with E-state index in [1.807, 2.05) is 31.2 Å². The molecule has 1 heterocycles. The summed E-state index contributed by atoms with van der Waals surface area (Å²) in [4.78, 5) is 16.5. The maximum Gasteiger partial charge on any atom is 0.259 e. The third-order valence-electron chi connectivity index (χ3n) is 3.00. The number of anilines is 2. The van der Waals surface area contributed by atoms with Gasteiger partial charge in [-0.05, 0) is 53.0 Å². The number of nitrogens with zero attached hydrogens (tertiary/aromatic N) is 1. The summed E-state index contributed by atoms with van der Waals surface area (Å²) in [7, 11) is 0. The second-order valence-corrected chi connectivity index (χ2v) is 5.64. The van der Waals surface area contributed by atoms with Crippen LogP contribution in [0.5, 0.6) is 0 Å². The lowest BCUT2D eigenvalue weighted by molar-refractivity contribution is 0.102. The topological polar surface area (TPSA) is 54.0 Å². The third-order valence-corrected chi connectivity index (χ3v) is 3.69.